The van der Waals surface area contributed by atoms with Crippen molar-refractivity contribution in [1.82, 2.24) is 20.2 Å². The summed E-state index contributed by atoms with van der Waals surface area (Å²) in [6, 6.07) is 20.5. The Hall–Kier alpha value is -3.34. The summed E-state index contributed by atoms with van der Waals surface area (Å²) >= 11 is 10.8. The number of benzene rings is 3. The Morgan fingerprint density at radius 1 is 1.14 bits per heavy atom. The first-order valence-corrected chi connectivity index (χ1v) is 13.4. The second-order valence-corrected chi connectivity index (χ2v) is 9.78. The van der Waals surface area contributed by atoms with E-state index >= 15 is 0 Å². The molecule has 0 saturated heterocycles. The molecule has 0 bridgehead atoms. The number of carbonyl (C=O) groups excluding carboxylic acids is 1. The molecule has 0 aliphatic rings. The number of amides is 1. The van der Waals surface area contributed by atoms with Crippen LogP contribution in [-0.4, -0.2) is 46.4 Å². The first-order valence-electron chi connectivity index (χ1n) is 11.2. The summed E-state index contributed by atoms with van der Waals surface area (Å²) in [7, 11) is 1.60. The Morgan fingerprint density at radius 2 is 1.89 bits per heavy atom. The summed E-state index contributed by atoms with van der Waals surface area (Å²) < 4.78 is 13.5. The maximum atomic E-state index is 12.5. The minimum absolute atomic E-state index is 0.0967. The van der Waals surface area contributed by atoms with Crippen LogP contribution in [0.2, 0.25) is 5.02 Å². The highest BCUT2D eigenvalue weighted by Gasteiger charge is 2.17. The van der Waals surface area contributed by atoms with E-state index in [1.807, 2.05) is 66.1 Å². The van der Waals surface area contributed by atoms with Gasteiger partial charge in [0, 0.05) is 16.3 Å². The average molecular weight is 601 g/mol. The number of nitrogens with zero attached hydrogens (tertiary/aromatic N) is 4. The fourth-order valence-corrected chi connectivity index (χ4v) is 4.77. The Kier molecular flexibility index (Phi) is 9.21. The van der Waals surface area contributed by atoms with Crippen molar-refractivity contribution in [3.8, 4) is 28.6 Å². The van der Waals surface area contributed by atoms with Gasteiger partial charge in [-0.05, 0) is 95.1 Å². The monoisotopic (exact) mass is 599 g/mol. The number of hydrogen-bond acceptors (Lipinski definition) is 7. The highest BCUT2D eigenvalue weighted by Crippen LogP contribution is 2.29. The van der Waals surface area contributed by atoms with Gasteiger partial charge in [0.15, 0.2) is 11.0 Å². The fraction of sp³-hybridized carbons (Fsp3) is 0.154. The van der Waals surface area contributed by atoms with Crippen LogP contribution >= 0.6 is 39.3 Å². The maximum absolute atomic E-state index is 12.5. The zero-order valence-corrected chi connectivity index (χ0v) is 23.2. The molecule has 0 radical (unpaired) electrons. The van der Waals surface area contributed by atoms with Gasteiger partial charge in [-0.2, -0.15) is 5.10 Å². The van der Waals surface area contributed by atoms with E-state index in [0.717, 1.165) is 27.0 Å². The predicted molar refractivity (Wildman–Crippen MR) is 150 cm³/mol. The fourth-order valence-electron chi connectivity index (χ4n) is 3.34. The molecule has 0 atom stereocenters. The number of halogens is 2. The number of thioether (sulfide) groups is 1. The van der Waals surface area contributed by atoms with Crippen LogP contribution in [-0.2, 0) is 4.79 Å². The topological polar surface area (TPSA) is 90.6 Å². The number of carbonyl (C=O) groups is 1. The summed E-state index contributed by atoms with van der Waals surface area (Å²) in [6.45, 7) is 2.52. The van der Waals surface area contributed by atoms with Crippen molar-refractivity contribution in [2.45, 2.75) is 12.1 Å². The van der Waals surface area contributed by atoms with Crippen molar-refractivity contribution in [1.29, 1.82) is 0 Å². The lowest BCUT2D eigenvalue weighted by molar-refractivity contribution is -0.118. The lowest BCUT2D eigenvalue weighted by Crippen LogP contribution is -2.20. The molecule has 0 unspecified atom stereocenters. The molecule has 4 rings (SSSR count). The van der Waals surface area contributed by atoms with Gasteiger partial charge in [-0.1, -0.05) is 23.4 Å². The van der Waals surface area contributed by atoms with Crippen LogP contribution in [0.4, 0.5) is 0 Å². The second-order valence-electron chi connectivity index (χ2n) is 7.55. The van der Waals surface area contributed by atoms with Crippen molar-refractivity contribution >= 4 is 51.4 Å². The lowest BCUT2D eigenvalue weighted by atomic mass is 10.2. The Labute approximate surface area is 232 Å². The molecule has 0 fully saturated rings. The maximum Gasteiger partial charge on any atom is 0.250 e. The molecule has 0 saturated carbocycles. The molecule has 3 aromatic carbocycles. The number of hydrazone groups is 1. The largest absolute Gasteiger partial charge is 0.496 e. The van der Waals surface area contributed by atoms with Gasteiger partial charge in [0.1, 0.15) is 11.5 Å². The van der Waals surface area contributed by atoms with Crippen molar-refractivity contribution in [3.05, 3.63) is 81.8 Å². The Bertz CT molecular complexity index is 1390. The van der Waals surface area contributed by atoms with E-state index in [-0.39, 0.29) is 11.7 Å². The molecule has 1 aromatic heterocycles. The molecule has 8 nitrogen and oxygen atoms in total. The summed E-state index contributed by atoms with van der Waals surface area (Å²) in [5.41, 5.74) is 5.04. The smallest absolute Gasteiger partial charge is 0.250 e. The van der Waals surface area contributed by atoms with Gasteiger partial charge in [0.25, 0.3) is 5.91 Å². The molecule has 1 N–H and O–H groups in total. The van der Waals surface area contributed by atoms with Gasteiger partial charge < -0.3 is 9.47 Å². The van der Waals surface area contributed by atoms with Gasteiger partial charge in [0.05, 0.1) is 30.2 Å². The van der Waals surface area contributed by atoms with Crippen molar-refractivity contribution < 1.29 is 14.3 Å². The van der Waals surface area contributed by atoms with Gasteiger partial charge in [-0.15, -0.1) is 10.2 Å². The minimum atomic E-state index is -0.275. The molecular weight excluding hydrogens is 578 g/mol. The highest BCUT2D eigenvalue weighted by molar-refractivity contribution is 9.10. The number of nitrogens with one attached hydrogen (secondary N) is 1. The summed E-state index contributed by atoms with van der Waals surface area (Å²) in [5.74, 6) is 1.93. The summed E-state index contributed by atoms with van der Waals surface area (Å²) in [4.78, 5) is 12.5. The van der Waals surface area contributed by atoms with Gasteiger partial charge in [-0.25, -0.2) is 5.43 Å². The molecule has 11 heteroatoms. The molecule has 1 heterocycles. The van der Waals surface area contributed by atoms with Crippen molar-refractivity contribution in [2.24, 2.45) is 5.10 Å². The van der Waals surface area contributed by atoms with Gasteiger partial charge in [-0.3, -0.25) is 9.36 Å². The molecule has 4 aromatic rings. The molecule has 0 aliphatic carbocycles. The van der Waals surface area contributed by atoms with Crippen LogP contribution in [0.5, 0.6) is 11.5 Å². The minimum Gasteiger partial charge on any atom is -0.496 e. The van der Waals surface area contributed by atoms with Gasteiger partial charge >= 0.3 is 0 Å². The molecule has 190 valence electrons. The van der Waals surface area contributed by atoms with Crippen molar-refractivity contribution in [2.75, 3.05) is 19.5 Å². The third-order valence-electron chi connectivity index (χ3n) is 5.05. The highest BCUT2D eigenvalue weighted by atomic mass is 79.9. The quantitative estimate of drug-likeness (QED) is 0.136. The second kappa shape index (κ2) is 12.8. The standard InChI is InChI=1S/C26H23BrClN5O3S/c1-3-36-21-11-9-20(10-12-21)33-25(18-5-7-19(28)8-6-18)31-32-26(33)37-16-24(34)30-29-15-17-4-13-23(35-2)22(27)14-17/h4-15H,3,16H2,1-2H3,(H,30,34)/b29-15+. The third kappa shape index (κ3) is 6.91. The number of methoxy groups -OCH3 is 1. The number of rotatable bonds is 10. The van der Waals surface area contributed by atoms with E-state index in [9.17, 15) is 4.79 Å². The number of aromatic nitrogens is 3. The van der Waals surface area contributed by atoms with E-state index in [2.05, 4.69) is 36.7 Å². The van der Waals surface area contributed by atoms with E-state index in [0.29, 0.717) is 28.4 Å². The molecular formula is C26H23BrClN5O3S. The molecule has 37 heavy (non-hydrogen) atoms. The number of hydrogen-bond donors (Lipinski definition) is 1. The zero-order valence-electron chi connectivity index (χ0n) is 20.0. The van der Waals surface area contributed by atoms with E-state index < -0.39 is 0 Å². The zero-order chi connectivity index (χ0) is 26.2. The van der Waals surface area contributed by atoms with Crippen molar-refractivity contribution in [3.63, 3.8) is 0 Å². The van der Waals surface area contributed by atoms with Crippen LogP contribution < -0.4 is 14.9 Å². The Morgan fingerprint density at radius 3 is 2.57 bits per heavy atom. The third-order valence-corrected chi connectivity index (χ3v) is 6.85. The van der Waals surface area contributed by atoms with Crippen LogP contribution in [0.25, 0.3) is 17.1 Å². The summed E-state index contributed by atoms with van der Waals surface area (Å²) in [6.07, 6.45) is 1.56. The van der Waals surface area contributed by atoms with E-state index in [1.165, 1.54) is 11.8 Å². The lowest BCUT2D eigenvalue weighted by Gasteiger charge is -2.11. The van der Waals surface area contributed by atoms with E-state index in [4.69, 9.17) is 21.1 Å². The van der Waals surface area contributed by atoms with E-state index in [1.54, 1.807) is 25.5 Å². The average Bonchev–Trinajstić information content (AvgIpc) is 3.32. The number of ether oxygens (including phenoxy) is 2. The van der Waals surface area contributed by atoms with Crippen LogP contribution in [0.1, 0.15) is 12.5 Å². The first kappa shape index (κ1) is 26.7. The van der Waals surface area contributed by atoms with Crippen LogP contribution in [0.3, 0.4) is 0 Å². The predicted octanol–water partition coefficient (Wildman–Crippen LogP) is 6.00. The molecule has 0 aliphatic heterocycles. The SMILES string of the molecule is CCOc1ccc(-n2c(SCC(=O)N/N=C/c3ccc(OC)c(Br)c3)nnc2-c2ccc(Cl)cc2)cc1. The summed E-state index contributed by atoms with van der Waals surface area (Å²) in [5, 5.41) is 14.0. The normalized spacial score (nSPS) is 11.0. The van der Waals surface area contributed by atoms with Crippen LogP contribution in [0.15, 0.2) is 81.5 Å². The molecule has 1 amide bonds. The molecule has 0 spiro atoms. The Balaban J connectivity index is 1.50. The van der Waals surface area contributed by atoms with Crippen LogP contribution in [0, 0.1) is 0 Å². The van der Waals surface area contributed by atoms with Gasteiger partial charge in [0.2, 0.25) is 0 Å². The first-order chi connectivity index (χ1) is 18.0.